The standard InChI is InChI=1S/C8H10ClN3O/c1-13-7-3-5(8(10)12-11)2-6(9)4-7/h2-4H,11H2,1H3,(H2,10,12). The summed E-state index contributed by atoms with van der Waals surface area (Å²) in [6.07, 6.45) is 0. The minimum atomic E-state index is 0.223. The Kier molecular flexibility index (Phi) is 2.97. The SMILES string of the molecule is COc1cc(Cl)cc(/C(N)=N/N)c1. The molecule has 4 N–H and O–H groups in total. The summed E-state index contributed by atoms with van der Waals surface area (Å²) in [4.78, 5) is 0. The fraction of sp³-hybridized carbons (Fsp3) is 0.125. The van der Waals surface area contributed by atoms with Crippen LogP contribution in [-0.2, 0) is 0 Å². The summed E-state index contributed by atoms with van der Waals surface area (Å²) in [5.74, 6) is 5.87. The van der Waals surface area contributed by atoms with Gasteiger partial charge in [0, 0.05) is 10.6 Å². The average molecular weight is 200 g/mol. The molecule has 0 heterocycles. The van der Waals surface area contributed by atoms with Crippen molar-refractivity contribution >= 4 is 17.4 Å². The minimum Gasteiger partial charge on any atom is -0.497 e. The van der Waals surface area contributed by atoms with Crippen LogP contribution in [0.3, 0.4) is 0 Å². The zero-order valence-electron chi connectivity index (χ0n) is 7.12. The number of hydrazone groups is 1. The van der Waals surface area contributed by atoms with Gasteiger partial charge in [-0.3, -0.25) is 0 Å². The highest BCUT2D eigenvalue weighted by atomic mass is 35.5. The van der Waals surface area contributed by atoms with Crippen LogP contribution in [0.15, 0.2) is 23.3 Å². The van der Waals surface area contributed by atoms with Crippen LogP contribution in [0.4, 0.5) is 0 Å². The second-order valence-electron chi connectivity index (χ2n) is 2.39. The predicted molar refractivity (Wildman–Crippen MR) is 52.9 cm³/mol. The largest absolute Gasteiger partial charge is 0.497 e. The van der Waals surface area contributed by atoms with E-state index in [0.717, 1.165) is 0 Å². The number of methoxy groups -OCH3 is 1. The molecule has 0 aromatic heterocycles. The lowest BCUT2D eigenvalue weighted by molar-refractivity contribution is 0.415. The van der Waals surface area contributed by atoms with Gasteiger partial charge in [0.25, 0.3) is 0 Å². The van der Waals surface area contributed by atoms with Crippen LogP contribution in [0.1, 0.15) is 5.56 Å². The first kappa shape index (κ1) is 9.67. The molecular weight excluding hydrogens is 190 g/mol. The normalized spacial score (nSPS) is 11.4. The lowest BCUT2D eigenvalue weighted by atomic mass is 10.2. The molecule has 0 unspecified atom stereocenters. The van der Waals surface area contributed by atoms with Crippen molar-refractivity contribution in [1.29, 1.82) is 0 Å². The van der Waals surface area contributed by atoms with Crippen LogP contribution in [0.25, 0.3) is 0 Å². The van der Waals surface area contributed by atoms with E-state index in [1.807, 2.05) is 0 Å². The van der Waals surface area contributed by atoms with Gasteiger partial charge in [0.1, 0.15) is 11.6 Å². The summed E-state index contributed by atoms with van der Waals surface area (Å²) in [5.41, 5.74) is 6.14. The van der Waals surface area contributed by atoms with Crippen molar-refractivity contribution in [3.63, 3.8) is 0 Å². The number of halogens is 1. The Balaban J connectivity index is 3.16. The summed E-state index contributed by atoms with van der Waals surface area (Å²) in [7, 11) is 1.55. The number of nitrogens with two attached hydrogens (primary N) is 2. The van der Waals surface area contributed by atoms with Crippen LogP contribution in [0.2, 0.25) is 5.02 Å². The van der Waals surface area contributed by atoms with Gasteiger partial charge < -0.3 is 16.3 Å². The van der Waals surface area contributed by atoms with E-state index in [9.17, 15) is 0 Å². The minimum absolute atomic E-state index is 0.223. The van der Waals surface area contributed by atoms with Gasteiger partial charge in [0.2, 0.25) is 0 Å². The van der Waals surface area contributed by atoms with Crippen LogP contribution in [0.5, 0.6) is 5.75 Å². The van der Waals surface area contributed by atoms with Crippen molar-refractivity contribution < 1.29 is 4.74 Å². The number of benzene rings is 1. The van der Waals surface area contributed by atoms with Crippen LogP contribution >= 0.6 is 11.6 Å². The predicted octanol–water partition coefficient (Wildman–Crippen LogP) is 0.928. The summed E-state index contributed by atoms with van der Waals surface area (Å²) in [6, 6.07) is 5.04. The van der Waals surface area contributed by atoms with Gasteiger partial charge in [-0.25, -0.2) is 0 Å². The second-order valence-corrected chi connectivity index (χ2v) is 2.83. The maximum Gasteiger partial charge on any atom is 0.150 e. The topological polar surface area (TPSA) is 73.6 Å². The third-order valence-corrected chi connectivity index (χ3v) is 1.76. The van der Waals surface area contributed by atoms with E-state index in [2.05, 4.69) is 5.10 Å². The fourth-order valence-corrected chi connectivity index (χ4v) is 1.13. The number of rotatable bonds is 2. The molecule has 0 aliphatic heterocycles. The number of amidine groups is 1. The third kappa shape index (κ3) is 2.26. The first-order chi connectivity index (χ1) is 6.17. The molecule has 0 atom stereocenters. The van der Waals surface area contributed by atoms with E-state index < -0.39 is 0 Å². The average Bonchev–Trinajstić information content (AvgIpc) is 2.15. The highest BCUT2D eigenvalue weighted by Crippen LogP contribution is 2.20. The molecule has 70 valence electrons. The summed E-state index contributed by atoms with van der Waals surface area (Å²) < 4.78 is 4.99. The molecule has 0 aliphatic rings. The quantitative estimate of drug-likeness (QED) is 0.322. The van der Waals surface area contributed by atoms with Crippen LogP contribution in [-0.4, -0.2) is 12.9 Å². The van der Waals surface area contributed by atoms with E-state index in [1.165, 1.54) is 0 Å². The Morgan fingerprint density at radius 3 is 2.69 bits per heavy atom. The summed E-state index contributed by atoms with van der Waals surface area (Å²) >= 11 is 5.80. The molecule has 1 rings (SSSR count). The van der Waals surface area contributed by atoms with E-state index in [-0.39, 0.29) is 5.84 Å². The molecule has 0 saturated carbocycles. The first-order valence-corrected chi connectivity index (χ1v) is 3.93. The molecular formula is C8H10ClN3O. The maximum atomic E-state index is 5.80. The Morgan fingerprint density at radius 2 is 2.15 bits per heavy atom. The first-order valence-electron chi connectivity index (χ1n) is 3.55. The Hall–Kier alpha value is -1.42. The molecule has 4 nitrogen and oxygen atoms in total. The van der Waals surface area contributed by atoms with Crippen molar-refractivity contribution in [1.82, 2.24) is 0 Å². The molecule has 0 spiro atoms. The Bertz CT molecular complexity index is 338. The van der Waals surface area contributed by atoms with E-state index in [0.29, 0.717) is 16.3 Å². The lowest BCUT2D eigenvalue weighted by Gasteiger charge is -2.04. The smallest absolute Gasteiger partial charge is 0.150 e. The molecule has 0 fully saturated rings. The Morgan fingerprint density at radius 1 is 1.46 bits per heavy atom. The molecule has 0 bridgehead atoms. The molecule has 5 heteroatoms. The zero-order valence-corrected chi connectivity index (χ0v) is 7.88. The summed E-state index contributed by atoms with van der Waals surface area (Å²) in [6.45, 7) is 0. The van der Waals surface area contributed by atoms with Gasteiger partial charge >= 0.3 is 0 Å². The van der Waals surface area contributed by atoms with Gasteiger partial charge in [-0.2, -0.15) is 5.10 Å². The molecule has 13 heavy (non-hydrogen) atoms. The van der Waals surface area contributed by atoms with Crippen LogP contribution in [0, 0.1) is 0 Å². The van der Waals surface area contributed by atoms with Crippen LogP contribution < -0.4 is 16.3 Å². The number of hydrogen-bond acceptors (Lipinski definition) is 3. The fourth-order valence-electron chi connectivity index (χ4n) is 0.903. The van der Waals surface area contributed by atoms with Crippen molar-refractivity contribution in [2.24, 2.45) is 16.7 Å². The van der Waals surface area contributed by atoms with Gasteiger partial charge in [0.15, 0.2) is 0 Å². The molecule has 0 aliphatic carbocycles. The van der Waals surface area contributed by atoms with Crippen molar-refractivity contribution in [2.75, 3.05) is 7.11 Å². The third-order valence-electron chi connectivity index (χ3n) is 1.54. The monoisotopic (exact) mass is 199 g/mol. The molecule has 1 aromatic rings. The van der Waals surface area contributed by atoms with Gasteiger partial charge in [0.05, 0.1) is 7.11 Å². The zero-order chi connectivity index (χ0) is 9.84. The lowest BCUT2D eigenvalue weighted by Crippen LogP contribution is -2.15. The molecule has 0 saturated heterocycles. The number of nitrogens with zero attached hydrogens (tertiary/aromatic N) is 1. The highest BCUT2D eigenvalue weighted by molar-refractivity contribution is 6.31. The number of hydrogen-bond donors (Lipinski definition) is 2. The van der Waals surface area contributed by atoms with Crippen molar-refractivity contribution in [2.45, 2.75) is 0 Å². The highest BCUT2D eigenvalue weighted by Gasteiger charge is 2.02. The van der Waals surface area contributed by atoms with Gasteiger partial charge in [-0.05, 0) is 18.2 Å². The summed E-state index contributed by atoms with van der Waals surface area (Å²) in [5, 5.41) is 3.88. The Labute approximate surface area is 81.1 Å². The molecule has 0 amide bonds. The maximum absolute atomic E-state index is 5.80. The van der Waals surface area contributed by atoms with E-state index in [4.69, 9.17) is 27.9 Å². The molecule has 0 radical (unpaired) electrons. The van der Waals surface area contributed by atoms with Crippen molar-refractivity contribution in [3.05, 3.63) is 28.8 Å². The second kappa shape index (κ2) is 4.00. The van der Waals surface area contributed by atoms with Gasteiger partial charge in [-0.15, -0.1) is 0 Å². The van der Waals surface area contributed by atoms with E-state index >= 15 is 0 Å². The van der Waals surface area contributed by atoms with E-state index in [1.54, 1.807) is 25.3 Å². The molecule has 1 aromatic carbocycles. The number of ether oxygens (including phenoxy) is 1. The van der Waals surface area contributed by atoms with Gasteiger partial charge in [-0.1, -0.05) is 11.6 Å². The van der Waals surface area contributed by atoms with Crippen molar-refractivity contribution in [3.8, 4) is 5.75 Å².